The van der Waals surface area contributed by atoms with Gasteiger partial charge >= 0.3 is 12.3 Å². The third kappa shape index (κ3) is 8.39. The second kappa shape index (κ2) is 17.0. The van der Waals surface area contributed by atoms with Gasteiger partial charge in [0.05, 0.1) is 13.2 Å². The van der Waals surface area contributed by atoms with E-state index < -0.39 is 12.3 Å². The Kier molecular flexibility index (Phi) is 13.4. The van der Waals surface area contributed by atoms with E-state index in [1.54, 1.807) is 0 Å². The molecule has 0 spiro atoms. The van der Waals surface area contributed by atoms with Crippen molar-refractivity contribution in [2.45, 2.75) is 106 Å². The van der Waals surface area contributed by atoms with Crippen molar-refractivity contribution in [3.05, 3.63) is 47.5 Å². The first-order valence-electron chi connectivity index (χ1n) is 16.1. The van der Waals surface area contributed by atoms with Crippen LogP contribution in [-0.4, -0.2) is 25.5 Å². The van der Waals surface area contributed by atoms with Gasteiger partial charge in [-0.3, -0.25) is 0 Å². The van der Waals surface area contributed by atoms with Crippen LogP contribution in [0.5, 0.6) is 11.5 Å². The Labute approximate surface area is 252 Å². The van der Waals surface area contributed by atoms with Crippen molar-refractivity contribution in [3.63, 3.8) is 0 Å². The third-order valence-electron chi connectivity index (χ3n) is 8.36. The molecule has 0 aromatic heterocycles. The fourth-order valence-electron chi connectivity index (χ4n) is 5.64. The van der Waals surface area contributed by atoms with Crippen molar-refractivity contribution >= 4 is 33.9 Å². The predicted octanol–water partition coefficient (Wildman–Crippen LogP) is 10.6. The number of carbonyl (C=O) groups excluding carboxylic acids is 2. The molecule has 0 aliphatic carbocycles. The van der Waals surface area contributed by atoms with Crippen LogP contribution >= 0.6 is 0 Å². The maximum Gasteiger partial charge on any atom is 0.513 e. The predicted molar refractivity (Wildman–Crippen MR) is 171 cm³/mol. The Bertz CT molecular complexity index is 1310. The minimum Gasteiger partial charge on any atom is -0.434 e. The summed E-state index contributed by atoms with van der Waals surface area (Å²) in [4.78, 5) is 26.2. The highest BCUT2D eigenvalue weighted by molar-refractivity contribution is 6.13. The second-order valence-electron chi connectivity index (χ2n) is 11.2. The average Bonchev–Trinajstić information content (AvgIpc) is 3.01. The van der Waals surface area contributed by atoms with Crippen molar-refractivity contribution in [1.82, 2.24) is 0 Å². The lowest BCUT2D eigenvalue weighted by Crippen LogP contribution is -2.18. The summed E-state index contributed by atoms with van der Waals surface area (Å²) in [5.41, 5.74) is 2.21. The zero-order valence-corrected chi connectivity index (χ0v) is 26.6. The molecule has 42 heavy (non-hydrogen) atoms. The fourth-order valence-corrected chi connectivity index (χ4v) is 5.64. The van der Waals surface area contributed by atoms with Crippen molar-refractivity contribution in [2.24, 2.45) is 11.8 Å². The van der Waals surface area contributed by atoms with Crippen molar-refractivity contribution in [2.75, 3.05) is 13.2 Å². The molecule has 230 valence electrons. The van der Waals surface area contributed by atoms with Crippen LogP contribution in [-0.2, 0) is 22.3 Å². The van der Waals surface area contributed by atoms with Gasteiger partial charge in [-0.25, -0.2) is 9.59 Å². The zero-order chi connectivity index (χ0) is 30.5. The first-order valence-corrected chi connectivity index (χ1v) is 16.1. The van der Waals surface area contributed by atoms with E-state index in [9.17, 15) is 9.59 Å². The molecule has 0 saturated heterocycles. The molecule has 0 aliphatic heterocycles. The molecule has 0 aliphatic rings. The van der Waals surface area contributed by atoms with Gasteiger partial charge in [-0.2, -0.15) is 0 Å². The minimum atomic E-state index is -0.722. The molecule has 0 fully saturated rings. The fraction of sp³-hybridized carbons (Fsp3) is 0.556. The van der Waals surface area contributed by atoms with Crippen LogP contribution in [0.2, 0.25) is 0 Å². The first-order chi connectivity index (χ1) is 20.4. The highest BCUT2D eigenvalue weighted by Crippen LogP contribution is 2.45. The van der Waals surface area contributed by atoms with Crippen LogP contribution in [0.3, 0.4) is 0 Å². The van der Waals surface area contributed by atoms with E-state index in [1.807, 2.05) is 30.3 Å². The van der Waals surface area contributed by atoms with Gasteiger partial charge in [0.25, 0.3) is 0 Å². The maximum atomic E-state index is 13.1. The molecular weight excluding hydrogens is 528 g/mol. The lowest BCUT2D eigenvalue weighted by Gasteiger charge is -2.20. The molecule has 3 rings (SSSR count). The highest BCUT2D eigenvalue weighted by Gasteiger charge is 2.24. The second-order valence-corrected chi connectivity index (χ2v) is 11.2. The summed E-state index contributed by atoms with van der Waals surface area (Å²) < 4.78 is 23.3. The summed E-state index contributed by atoms with van der Waals surface area (Å²) in [6.07, 6.45) is 8.45. The number of aryl methyl sites for hydroxylation is 2. The number of benzene rings is 3. The third-order valence-corrected chi connectivity index (χ3v) is 8.36. The van der Waals surface area contributed by atoms with Crippen LogP contribution in [0.4, 0.5) is 9.59 Å². The van der Waals surface area contributed by atoms with Crippen LogP contribution in [0.15, 0.2) is 36.4 Å². The molecule has 3 aromatic rings. The quantitative estimate of drug-likeness (QED) is 0.0956. The van der Waals surface area contributed by atoms with Gasteiger partial charge in [-0.1, -0.05) is 116 Å². The molecule has 0 N–H and O–H groups in total. The largest absolute Gasteiger partial charge is 0.513 e. The Morgan fingerprint density at radius 2 is 1.17 bits per heavy atom. The van der Waals surface area contributed by atoms with Gasteiger partial charge in [0.2, 0.25) is 0 Å². The van der Waals surface area contributed by atoms with Gasteiger partial charge in [0, 0.05) is 21.5 Å². The van der Waals surface area contributed by atoms with Crippen molar-refractivity contribution < 1.29 is 28.5 Å². The molecule has 6 heteroatoms. The smallest absolute Gasteiger partial charge is 0.434 e. The number of hydrogen-bond acceptors (Lipinski definition) is 6. The van der Waals surface area contributed by atoms with Gasteiger partial charge < -0.3 is 18.9 Å². The Morgan fingerprint density at radius 1 is 0.643 bits per heavy atom. The molecule has 0 amide bonds. The molecule has 2 unspecified atom stereocenters. The Hall–Kier alpha value is -3.28. The number of rotatable bonds is 16. The summed E-state index contributed by atoms with van der Waals surface area (Å²) in [6, 6.07) is 11.6. The van der Waals surface area contributed by atoms with E-state index in [0.717, 1.165) is 80.7 Å². The Morgan fingerprint density at radius 3 is 1.64 bits per heavy atom. The minimum absolute atomic E-state index is 0.306. The van der Waals surface area contributed by atoms with Gasteiger partial charge in [-0.05, 0) is 48.6 Å². The highest BCUT2D eigenvalue weighted by atomic mass is 16.7. The van der Waals surface area contributed by atoms with E-state index in [1.165, 1.54) is 0 Å². The molecule has 2 atom stereocenters. The molecule has 6 nitrogen and oxygen atoms in total. The summed E-state index contributed by atoms with van der Waals surface area (Å²) in [7, 11) is 0. The number of ether oxygens (including phenoxy) is 4. The lowest BCUT2D eigenvalue weighted by molar-refractivity contribution is 0.0805. The van der Waals surface area contributed by atoms with Crippen molar-refractivity contribution in [1.29, 1.82) is 0 Å². The standard InChI is InChI=1S/C36H50O6/c1-7-13-17-25(9-3)23-39-35(37)41-33-29-19-15-16-20-30(29)34(32-28(12-6)27(11-5)21-22-31(32)33)42-36(38)40-24-26(10-4)18-14-8-2/h15-16,19-22,25-26H,7-14,17-18,23-24H2,1-6H3. The molecular formula is C36H50O6. The molecule has 0 bridgehead atoms. The molecule has 3 aromatic carbocycles. The van der Waals surface area contributed by atoms with Crippen LogP contribution < -0.4 is 9.47 Å². The lowest BCUT2D eigenvalue weighted by atomic mass is 9.91. The number of unbranched alkanes of at least 4 members (excludes halogenated alkanes) is 2. The van der Waals surface area contributed by atoms with Crippen LogP contribution in [0.25, 0.3) is 21.5 Å². The van der Waals surface area contributed by atoms with Crippen molar-refractivity contribution in [3.8, 4) is 11.5 Å². The maximum absolute atomic E-state index is 13.1. The van der Waals surface area contributed by atoms with E-state index in [4.69, 9.17) is 18.9 Å². The molecule has 0 saturated carbocycles. The monoisotopic (exact) mass is 578 g/mol. The number of hydrogen-bond donors (Lipinski definition) is 0. The van der Waals surface area contributed by atoms with E-state index in [2.05, 4.69) is 47.6 Å². The van der Waals surface area contributed by atoms with Gasteiger partial charge in [0.1, 0.15) is 5.75 Å². The van der Waals surface area contributed by atoms with E-state index in [0.29, 0.717) is 52.7 Å². The Balaban J connectivity index is 2.03. The number of carbonyl (C=O) groups is 2. The summed E-state index contributed by atoms with van der Waals surface area (Å²) in [5.74, 6) is 1.46. The summed E-state index contributed by atoms with van der Waals surface area (Å²) >= 11 is 0. The van der Waals surface area contributed by atoms with E-state index in [-0.39, 0.29) is 0 Å². The van der Waals surface area contributed by atoms with Gasteiger partial charge in [0.15, 0.2) is 5.75 Å². The van der Waals surface area contributed by atoms with Gasteiger partial charge in [-0.15, -0.1) is 0 Å². The van der Waals surface area contributed by atoms with Crippen LogP contribution in [0, 0.1) is 11.8 Å². The number of fused-ring (bicyclic) bond motifs is 2. The van der Waals surface area contributed by atoms with Crippen LogP contribution in [0.1, 0.15) is 104 Å². The summed E-state index contributed by atoms with van der Waals surface area (Å²) in [5, 5.41) is 2.82. The zero-order valence-electron chi connectivity index (χ0n) is 26.6. The van der Waals surface area contributed by atoms with E-state index >= 15 is 0 Å². The topological polar surface area (TPSA) is 71.1 Å². The molecule has 0 heterocycles. The summed E-state index contributed by atoms with van der Waals surface area (Å²) in [6.45, 7) is 13.4. The normalized spacial score (nSPS) is 12.7. The molecule has 0 radical (unpaired) electrons. The first kappa shape index (κ1) is 33.2. The SMILES string of the molecule is CCCCC(CC)COC(=O)Oc1c2ccccc2c(OC(=O)OCC(CC)CCCC)c2c(CC)c(CC)ccc12. The average molecular weight is 579 g/mol.